The molecule has 1 aliphatic carbocycles. The van der Waals surface area contributed by atoms with Gasteiger partial charge in [-0.2, -0.15) is 0 Å². The van der Waals surface area contributed by atoms with Crippen molar-refractivity contribution in [3.8, 4) is 5.75 Å². The molecule has 1 fully saturated rings. The second-order valence-corrected chi connectivity index (χ2v) is 8.41. The van der Waals surface area contributed by atoms with E-state index in [0.717, 1.165) is 37.0 Å². The fourth-order valence-corrected chi connectivity index (χ4v) is 4.76. The number of fused-ring (bicyclic) bond motifs is 1. The molecule has 0 unspecified atom stereocenters. The number of carbonyl (C=O) groups excluding carboxylic acids is 3. The Hall–Kier alpha value is -2.83. The van der Waals surface area contributed by atoms with Gasteiger partial charge in [-0.05, 0) is 50.3 Å². The number of likely N-dealkylation sites (tertiary alicyclic amines) is 1. The van der Waals surface area contributed by atoms with E-state index in [1.54, 1.807) is 18.9 Å². The third kappa shape index (κ3) is 4.66. The standard InChI is InChI=1S/C25H34N2O5/c1-4-6-15-26-22(28)16-20-23(29)27(17-18-10-12-19(31-3)13-11-18)21-9-7-8-14-25(20,21)24(30)32-5-2/h9-13,20H,4-8,14-17H2,1-3H3,(H,26,28)/t20-,25-/m0/s1. The molecule has 174 valence electrons. The minimum atomic E-state index is -1.10. The van der Waals surface area contributed by atoms with Crippen LogP contribution in [0.5, 0.6) is 5.75 Å². The van der Waals surface area contributed by atoms with Crippen LogP contribution in [0.25, 0.3) is 0 Å². The highest BCUT2D eigenvalue weighted by atomic mass is 16.5. The maximum absolute atomic E-state index is 13.7. The van der Waals surface area contributed by atoms with Crippen molar-refractivity contribution in [1.82, 2.24) is 10.2 Å². The van der Waals surface area contributed by atoms with Gasteiger partial charge in [0.1, 0.15) is 11.2 Å². The minimum Gasteiger partial charge on any atom is -0.497 e. The fourth-order valence-electron chi connectivity index (χ4n) is 4.76. The van der Waals surface area contributed by atoms with Crippen molar-refractivity contribution in [3.63, 3.8) is 0 Å². The van der Waals surface area contributed by atoms with Crippen LogP contribution in [0, 0.1) is 11.3 Å². The van der Waals surface area contributed by atoms with Gasteiger partial charge in [0, 0.05) is 18.7 Å². The van der Waals surface area contributed by atoms with Crippen LogP contribution >= 0.6 is 0 Å². The van der Waals surface area contributed by atoms with E-state index in [4.69, 9.17) is 9.47 Å². The van der Waals surface area contributed by atoms with E-state index in [2.05, 4.69) is 12.2 Å². The van der Waals surface area contributed by atoms with E-state index in [0.29, 0.717) is 25.2 Å². The predicted octanol–water partition coefficient (Wildman–Crippen LogP) is 3.58. The van der Waals surface area contributed by atoms with Gasteiger partial charge in [-0.1, -0.05) is 31.6 Å². The van der Waals surface area contributed by atoms with E-state index in [-0.39, 0.29) is 24.8 Å². The Morgan fingerprint density at radius 3 is 2.62 bits per heavy atom. The largest absolute Gasteiger partial charge is 0.497 e. The lowest BCUT2D eigenvalue weighted by Gasteiger charge is -2.35. The first kappa shape index (κ1) is 23.8. The van der Waals surface area contributed by atoms with Crippen LogP contribution in [0.2, 0.25) is 0 Å². The van der Waals surface area contributed by atoms with Gasteiger partial charge >= 0.3 is 5.97 Å². The number of nitrogens with one attached hydrogen (secondary N) is 1. The van der Waals surface area contributed by atoms with Gasteiger partial charge in [0.15, 0.2) is 0 Å². The Bertz CT molecular complexity index is 864. The first-order valence-electron chi connectivity index (χ1n) is 11.6. The Morgan fingerprint density at radius 2 is 1.97 bits per heavy atom. The smallest absolute Gasteiger partial charge is 0.318 e. The number of benzene rings is 1. The van der Waals surface area contributed by atoms with Gasteiger partial charge in [-0.25, -0.2) is 0 Å². The number of unbranched alkanes of at least 4 members (excludes halogenated alkanes) is 1. The summed E-state index contributed by atoms with van der Waals surface area (Å²) in [4.78, 5) is 41.3. The molecule has 0 saturated carbocycles. The van der Waals surface area contributed by atoms with Gasteiger partial charge < -0.3 is 19.7 Å². The average molecular weight is 443 g/mol. The highest BCUT2D eigenvalue weighted by Gasteiger charge is 2.62. The first-order chi connectivity index (χ1) is 15.5. The molecule has 1 aromatic rings. The number of esters is 1. The van der Waals surface area contributed by atoms with Crippen LogP contribution in [0.4, 0.5) is 0 Å². The van der Waals surface area contributed by atoms with Gasteiger partial charge in [0.25, 0.3) is 0 Å². The minimum absolute atomic E-state index is 0.0161. The van der Waals surface area contributed by atoms with Gasteiger partial charge in [-0.15, -0.1) is 0 Å². The summed E-state index contributed by atoms with van der Waals surface area (Å²) in [6.07, 6.45) is 5.89. The molecule has 1 saturated heterocycles. The average Bonchev–Trinajstić information content (AvgIpc) is 3.03. The maximum Gasteiger partial charge on any atom is 0.318 e. The molecule has 1 aromatic carbocycles. The van der Waals surface area contributed by atoms with Crippen LogP contribution < -0.4 is 10.1 Å². The lowest BCUT2D eigenvalue weighted by Crippen LogP contribution is -2.43. The zero-order chi connectivity index (χ0) is 23.1. The summed E-state index contributed by atoms with van der Waals surface area (Å²) in [5.41, 5.74) is 0.519. The molecule has 1 heterocycles. The van der Waals surface area contributed by atoms with Crippen molar-refractivity contribution in [3.05, 3.63) is 41.6 Å². The van der Waals surface area contributed by atoms with E-state index in [9.17, 15) is 14.4 Å². The van der Waals surface area contributed by atoms with Crippen LogP contribution in [-0.4, -0.2) is 42.9 Å². The highest BCUT2D eigenvalue weighted by Crippen LogP contribution is 2.54. The second kappa shape index (κ2) is 10.7. The zero-order valence-corrected chi connectivity index (χ0v) is 19.3. The molecule has 1 N–H and O–H groups in total. The molecule has 0 bridgehead atoms. The third-order valence-corrected chi connectivity index (χ3v) is 6.40. The van der Waals surface area contributed by atoms with E-state index >= 15 is 0 Å². The van der Waals surface area contributed by atoms with Crippen LogP contribution in [0.1, 0.15) is 57.9 Å². The summed E-state index contributed by atoms with van der Waals surface area (Å²) < 4.78 is 10.7. The number of hydrogen-bond donors (Lipinski definition) is 1. The zero-order valence-electron chi connectivity index (χ0n) is 19.3. The molecule has 0 spiro atoms. The Balaban J connectivity index is 1.93. The maximum atomic E-state index is 13.7. The van der Waals surface area contributed by atoms with Crippen LogP contribution in [0.3, 0.4) is 0 Å². The Kier molecular flexibility index (Phi) is 7.94. The number of hydrogen-bond acceptors (Lipinski definition) is 5. The summed E-state index contributed by atoms with van der Waals surface area (Å²) in [7, 11) is 1.61. The molecular weight excluding hydrogens is 408 g/mol. The molecule has 7 heteroatoms. The molecular formula is C25H34N2O5. The van der Waals surface area contributed by atoms with E-state index < -0.39 is 17.3 Å². The molecule has 7 nitrogen and oxygen atoms in total. The number of methoxy groups -OCH3 is 1. The summed E-state index contributed by atoms with van der Waals surface area (Å²) in [6.45, 7) is 4.96. The van der Waals surface area contributed by atoms with Crippen molar-refractivity contribution in [2.24, 2.45) is 11.3 Å². The summed E-state index contributed by atoms with van der Waals surface area (Å²) in [5.74, 6) is -0.805. The SMILES string of the molecule is CCCCNC(=O)C[C@H]1C(=O)N(Cc2ccc(OC)cc2)C2=CCCC[C@@]21C(=O)OCC. The van der Waals surface area contributed by atoms with Gasteiger partial charge in [0.05, 0.1) is 26.2 Å². The van der Waals surface area contributed by atoms with Crippen molar-refractivity contribution < 1.29 is 23.9 Å². The third-order valence-electron chi connectivity index (χ3n) is 6.40. The molecule has 32 heavy (non-hydrogen) atoms. The molecule has 0 radical (unpaired) electrons. The van der Waals surface area contributed by atoms with Crippen molar-refractivity contribution >= 4 is 17.8 Å². The van der Waals surface area contributed by atoms with E-state index in [1.807, 2.05) is 30.3 Å². The van der Waals surface area contributed by atoms with Crippen molar-refractivity contribution in [2.45, 2.75) is 58.9 Å². The second-order valence-electron chi connectivity index (χ2n) is 8.41. The highest BCUT2D eigenvalue weighted by molar-refractivity contribution is 5.99. The number of rotatable bonds is 10. The number of amides is 2. The molecule has 2 amide bonds. The lowest BCUT2D eigenvalue weighted by molar-refractivity contribution is -0.158. The molecule has 2 atom stereocenters. The fraction of sp³-hybridized carbons (Fsp3) is 0.560. The predicted molar refractivity (Wildman–Crippen MR) is 121 cm³/mol. The van der Waals surface area contributed by atoms with Crippen LogP contribution in [-0.2, 0) is 25.7 Å². The normalized spacial score (nSPS) is 22.2. The quantitative estimate of drug-likeness (QED) is 0.442. The number of carbonyl (C=O) groups is 3. The van der Waals surface area contributed by atoms with E-state index in [1.165, 1.54) is 0 Å². The topological polar surface area (TPSA) is 84.9 Å². The van der Waals surface area contributed by atoms with Crippen molar-refractivity contribution in [2.75, 3.05) is 20.3 Å². The summed E-state index contributed by atoms with van der Waals surface area (Å²) >= 11 is 0. The Labute approximate surface area is 190 Å². The van der Waals surface area contributed by atoms with Gasteiger partial charge in [0.2, 0.25) is 11.8 Å². The molecule has 1 aliphatic heterocycles. The monoisotopic (exact) mass is 442 g/mol. The number of allylic oxidation sites excluding steroid dienone is 1. The summed E-state index contributed by atoms with van der Waals surface area (Å²) in [6, 6.07) is 7.52. The lowest BCUT2D eigenvalue weighted by atomic mass is 9.68. The molecule has 0 aromatic heterocycles. The number of nitrogens with zero attached hydrogens (tertiary/aromatic N) is 1. The first-order valence-corrected chi connectivity index (χ1v) is 11.6. The van der Waals surface area contributed by atoms with Gasteiger partial charge in [-0.3, -0.25) is 14.4 Å². The van der Waals surface area contributed by atoms with Crippen molar-refractivity contribution in [1.29, 1.82) is 0 Å². The van der Waals surface area contributed by atoms with Crippen LogP contribution in [0.15, 0.2) is 36.0 Å². The molecule has 3 rings (SSSR count). The molecule has 2 aliphatic rings. The summed E-state index contributed by atoms with van der Waals surface area (Å²) in [5, 5.41) is 2.90. The number of ether oxygens (including phenoxy) is 2. The Morgan fingerprint density at radius 1 is 1.22 bits per heavy atom.